The Labute approximate surface area is 99.9 Å². The number of aromatic nitrogens is 2. The summed E-state index contributed by atoms with van der Waals surface area (Å²) in [5, 5.41) is 0. The SMILES string of the molecule is C#CCN(C)C(=O)c1c(C)nc2ccccn12. The number of pyridine rings is 1. The number of imidazole rings is 1. The lowest BCUT2D eigenvalue weighted by Gasteiger charge is -2.13. The van der Waals surface area contributed by atoms with E-state index < -0.39 is 0 Å². The number of hydrogen-bond donors (Lipinski definition) is 0. The Kier molecular flexibility index (Phi) is 2.84. The Morgan fingerprint density at radius 3 is 3.06 bits per heavy atom. The number of amides is 1. The molecule has 4 nitrogen and oxygen atoms in total. The van der Waals surface area contributed by atoms with Crippen molar-refractivity contribution < 1.29 is 4.79 Å². The molecule has 0 N–H and O–H groups in total. The van der Waals surface area contributed by atoms with E-state index in [0.717, 1.165) is 5.65 Å². The highest BCUT2D eigenvalue weighted by Crippen LogP contribution is 2.13. The van der Waals surface area contributed by atoms with Crippen molar-refractivity contribution in [3.8, 4) is 12.3 Å². The van der Waals surface area contributed by atoms with E-state index in [1.807, 2.05) is 31.3 Å². The van der Waals surface area contributed by atoms with Gasteiger partial charge in [0, 0.05) is 13.2 Å². The van der Waals surface area contributed by atoms with Gasteiger partial charge in [0.05, 0.1) is 12.2 Å². The second-order valence-corrected chi connectivity index (χ2v) is 3.84. The Hall–Kier alpha value is -2.28. The van der Waals surface area contributed by atoms with Crippen molar-refractivity contribution in [3.63, 3.8) is 0 Å². The van der Waals surface area contributed by atoms with Crippen LogP contribution in [-0.2, 0) is 0 Å². The first-order valence-electron chi connectivity index (χ1n) is 5.27. The van der Waals surface area contributed by atoms with Crippen LogP contribution in [0.3, 0.4) is 0 Å². The van der Waals surface area contributed by atoms with E-state index >= 15 is 0 Å². The molecule has 0 spiro atoms. The summed E-state index contributed by atoms with van der Waals surface area (Å²) in [7, 11) is 1.68. The first-order chi connectivity index (χ1) is 8.15. The first-order valence-corrected chi connectivity index (χ1v) is 5.27. The largest absolute Gasteiger partial charge is 0.329 e. The van der Waals surface area contributed by atoms with E-state index in [0.29, 0.717) is 17.9 Å². The normalized spacial score (nSPS) is 10.2. The maximum Gasteiger partial charge on any atom is 0.273 e. The summed E-state index contributed by atoms with van der Waals surface area (Å²) < 4.78 is 1.78. The van der Waals surface area contributed by atoms with Gasteiger partial charge in [-0.3, -0.25) is 9.20 Å². The fourth-order valence-electron chi connectivity index (χ4n) is 1.76. The molecular formula is C13H13N3O. The van der Waals surface area contributed by atoms with Gasteiger partial charge in [-0.05, 0) is 19.1 Å². The van der Waals surface area contributed by atoms with Gasteiger partial charge in [0.2, 0.25) is 0 Å². The average molecular weight is 227 g/mol. The topological polar surface area (TPSA) is 37.6 Å². The van der Waals surface area contributed by atoms with Crippen molar-refractivity contribution in [2.45, 2.75) is 6.92 Å². The molecule has 0 unspecified atom stereocenters. The van der Waals surface area contributed by atoms with E-state index in [4.69, 9.17) is 6.42 Å². The molecule has 1 amide bonds. The molecule has 0 aliphatic carbocycles. The standard InChI is InChI=1S/C13H13N3O/c1-4-8-15(3)13(17)12-10(2)14-11-7-5-6-9-16(11)12/h1,5-7,9H,8H2,2-3H3. The molecular weight excluding hydrogens is 214 g/mol. The molecule has 0 aliphatic rings. The van der Waals surface area contributed by atoms with Crippen LogP contribution in [0, 0.1) is 19.3 Å². The molecule has 0 fully saturated rings. The molecule has 0 saturated heterocycles. The van der Waals surface area contributed by atoms with Crippen LogP contribution < -0.4 is 0 Å². The minimum atomic E-state index is -0.112. The van der Waals surface area contributed by atoms with Crippen LogP contribution in [0.4, 0.5) is 0 Å². The molecule has 0 bridgehead atoms. The lowest BCUT2D eigenvalue weighted by Crippen LogP contribution is -2.28. The van der Waals surface area contributed by atoms with Crippen LogP contribution in [0.15, 0.2) is 24.4 Å². The lowest BCUT2D eigenvalue weighted by atomic mass is 10.3. The summed E-state index contributed by atoms with van der Waals surface area (Å²) in [6.07, 6.45) is 7.03. The van der Waals surface area contributed by atoms with Crippen LogP contribution >= 0.6 is 0 Å². The van der Waals surface area contributed by atoms with Gasteiger partial charge in [0.25, 0.3) is 5.91 Å². The average Bonchev–Trinajstić information content (AvgIpc) is 2.64. The zero-order chi connectivity index (χ0) is 12.4. The number of carbonyl (C=O) groups excluding carboxylic acids is 1. The predicted octanol–water partition coefficient (Wildman–Crippen LogP) is 1.35. The van der Waals surface area contributed by atoms with Gasteiger partial charge < -0.3 is 4.90 Å². The van der Waals surface area contributed by atoms with Crippen molar-refractivity contribution in [2.24, 2.45) is 0 Å². The van der Waals surface area contributed by atoms with Crippen LogP contribution in [0.1, 0.15) is 16.2 Å². The second kappa shape index (κ2) is 4.30. The summed E-state index contributed by atoms with van der Waals surface area (Å²) >= 11 is 0. The molecule has 0 aromatic carbocycles. The minimum absolute atomic E-state index is 0.112. The van der Waals surface area contributed by atoms with Gasteiger partial charge in [0.15, 0.2) is 0 Å². The van der Waals surface area contributed by atoms with Gasteiger partial charge in [-0.2, -0.15) is 0 Å². The van der Waals surface area contributed by atoms with E-state index in [1.165, 1.54) is 4.90 Å². The third-order valence-corrected chi connectivity index (χ3v) is 2.58. The van der Waals surface area contributed by atoms with Crippen molar-refractivity contribution >= 4 is 11.6 Å². The molecule has 2 aromatic rings. The molecule has 0 radical (unpaired) electrons. The summed E-state index contributed by atoms with van der Waals surface area (Å²) in [6.45, 7) is 2.11. The molecule has 2 heterocycles. The summed E-state index contributed by atoms with van der Waals surface area (Å²) in [4.78, 5) is 18.0. The number of hydrogen-bond acceptors (Lipinski definition) is 2. The van der Waals surface area contributed by atoms with Crippen molar-refractivity contribution in [3.05, 3.63) is 35.8 Å². The van der Waals surface area contributed by atoms with Crippen molar-refractivity contribution in [1.29, 1.82) is 0 Å². The third-order valence-electron chi connectivity index (χ3n) is 2.58. The van der Waals surface area contributed by atoms with E-state index in [9.17, 15) is 4.79 Å². The second-order valence-electron chi connectivity index (χ2n) is 3.84. The van der Waals surface area contributed by atoms with Crippen molar-refractivity contribution in [1.82, 2.24) is 14.3 Å². The first kappa shape index (κ1) is 11.2. The molecule has 0 aliphatic heterocycles. The summed E-state index contributed by atoms with van der Waals surface area (Å²) in [6, 6.07) is 5.62. The molecule has 2 aromatic heterocycles. The fourth-order valence-corrected chi connectivity index (χ4v) is 1.76. The zero-order valence-corrected chi connectivity index (χ0v) is 9.84. The number of rotatable bonds is 2. The zero-order valence-electron chi connectivity index (χ0n) is 9.84. The number of fused-ring (bicyclic) bond motifs is 1. The monoisotopic (exact) mass is 227 g/mol. The molecule has 17 heavy (non-hydrogen) atoms. The number of terminal acetylenes is 1. The van der Waals surface area contributed by atoms with E-state index in [-0.39, 0.29) is 5.91 Å². The lowest BCUT2D eigenvalue weighted by molar-refractivity contribution is 0.0805. The molecule has 0 atom stereocenters. The summed E-state index contributed by atoms with van der Waals surface area (Å²) in [5.74, 6) is 2.34. The molecule has 4 heteroatoms. The highest BCUT2D eigenvalue weighted by Gasteiger charge is 2.19. The fraction of sp³-hybridized carbons (Fsp3) is 0.231. The van der Waals surface area contributed by atoms with Gasteiger partial charge in [-0.15, -0.1) is 6.42 Å². The van der Waals surface area contributed by atoms with Crippen LogP contribution in [0.25, 0.3) is 5.65 Å². The Balaban J connectivity index is 2.52. The Morgan fingerprint density at radius 2 is 2.35 bits per heavy atom. The van der Waals surface area contributed by atoms with Gasteiger partial charge in [-0.1, -0.05) is 12.0 Å². The number of aryl methyl sites for hydroxylation is 1. The summed E-state index contributed by atoms with van der Waals surface area (Å²) in [5.41, 5.74) is 2.05. The molecule has 86 valence electrons. The van der Waals surface area contributed by atoms with Gasteiger partial charge in [0.1, 0.15) is 11.3 Å². The highest BCUT2D eigenvalue weighted by atomic mass is 16.2. The molecule has 0 saturated carbocycles. The van der Waals surface area contributed by atoms with E-state index in [1.54, 1.807) is 11.4 Å². The Morgan fingerprint density at radius 1 is 1.59 bits per heavy atom. The number of nitrogens with zero attached hydrogens (tertiary/aromatic N) is 3. The molecule has 2 rings (SSSR count). The Bertz CT molecular complexity index is 607. The number of carbonyl (C=O) groups is 1. The maximum atomic E-state index is 12.2. The minimum Gasteiger partial charge on any atom is -0.329 e. The quantitative estimate of drug-likeness (QED) is 0.726. The van der Waals surface area contributed by atoms with E-state index in [2.05, 4.69) is 10.9 Å². The van der Waals surface area contributed by atoms with Gasteiger partial charge >= 0.3 is 0 Å². The van der Waals surface area contributed by atoms with Gasteiger partial charge in [-0.25, -0.2) is 4.98 Å². The van der Waals surface area contributed by atoms with Crippen LogP contribution in [0.2, 0.25) is 0 Å². The van der Waals surface area contributed by atoms with Crippen LogP contribution in [0.5, 0.6) is 0 Å². The maximum absolute atomic E-state index is 12.2. The third kappa shape index (κ3) is 1.87. The predicted molar refractivity (Wildman–Crippen MR) is 65.7 cm³/mol. The highest BCUT2D eigenvalue weighted by molar-refractivity contribution is 5.94. The smallest absolute Gasteiger partial charge is 0.273 e. The van der Waals surface area contributed by atoms with Crippen LogP contribution in [-0.4, -0.2) is 33.8 Å². The van der Waals surface area contributed by atoms with Crippen molar-refractivity contribution in [2.75, 3.05) is 13.6 Å².